The van der Waals surface area contributed by atoms with E-state index >= 15 is 0 Å². The highest BCUT2D eigenvalue weighted by Crippen LogP contribution is 2.24. The first-order valence-corrected chi connectivity index (χ1v) is 10.4. The van der Waals surface area contributed by atoms with Crippen LogP contribution in [0, 0.1) is 5.92 Å². The Bertz CT molecular complexity index is 1060. The lowest BCUT2D eigenvalue weighted by molar-refractivity contribution is -0.121. The third-order valence-electron chi connectivity index (χ3n) is 5.03. The number of ether oxygens (including phenoxy) is 1. The van der Waals surface area contributed by atoms with Gasteiger partial charge >= 0.3 is 0 Å². The van der Waals surface area contributed by atoms with Gasteiger partial charge in [-0.2, -0.15) is 0 Å². The fourth-order valence-electron chi connectivity index (χ4n) is 3.49. The molecule has 1 N–H and O–H groups in total. The number of halogens is 1. The van der Waals surface area contributed by atoms with Crippen molar-refractivity contribution in [3.05, 3.63) is 77.7 Å². The van der Waals surface area contributed by atoms with Gasteiger partial charge in [-0.3, -0.25) is 14.6 Å². The molecule has 31 heavy (non-hydrogen) atoms. The van der Waals surface area contributed by atoms with Gasteiger partial charge in [0.15, 0.2) is 0 Å². The second-order valence-corrected chi connectivity index (χ2v) is 7.70. The summed E-state index contributed by atoms with van der Waals surface area (Å²) in [5.41, 5.74) is 1.19. The number of nitrogens with one attached hydrogen (secondary N) is 1. The largest absolute Gasteiger partial charge is 0.437 e. The van der Waals surface area contributed by atoms with Gasteiger partial charge in [-0.05, 0) is 49.2 Å². The van der Waals surface area contributed by atoms with E-state index in [0.717, 1.165) is 12.8 Å². The standard InChI is InChI=1S/C23H21ClN4O3/c24-18-8-6-16(7-9-18)23(30)28-12-2-3-17(15-28)22(29)27-19-4-1-5-20(13-19)31-21-14-25-10-11-26-21/h1,4-11,13-14,17H,2-3,12,15H2,(H,27,29). The van der Waals surface area contributed by atoms with Gasteiger partial charge in [0.25, 0.3) is 5.91 Å². The van der Waals surface area contributed by atoms with E-state index < -0.39 is 0 Å². The highest BCUT2D eigenvalue weighted by Gasteiger charge is 2.29. The molecule has 1 aromatic heterocycles. The molecule has 0 radical (unpaired) electrons. The van der Waals surface area contributed by atoms with E-state index in [1.165, 1.54) is 6.20 Å². The molecule has 158 valence electrons. The smallest absolute Gasteiger partial charge is 0.253 e. The number of likely N-dealkylation sites (tertiary alicyclic amines) is 1. The van der Waals surface area contributed by atoms with E-state index in [1.807, 2.05) is 0 Å². The molecule has 2 heterocycles. The molecular formula is C23H21ClN4O3. The predicted octanol–water partition coefficient (Wildman–Crippen LogP) is 4.41. The number of carbonyl (C=O) groups excluding carboxylic acids is 2. The zero-order valence-corrected chi connectivity index (χ0v) is 17.5. The molecule has 0 spiro atoms. The number of aromatic nitrogens is 2. The minimum atomic E-state index is -0.283. The van der Waals surface area contributed by atoms with Crippen molar-refractivity contribution >= 4 is 29.1 Å². The van der Waals surface area contributed by atoms with Crippen molar-refractivity contribution in [3.63, 3.8) is 0 Å². The van der Waals surface area contributed by atoms with Crippen LogP contribution in [0.25, 0.3) is 0 Å². The number of nitrogens with zero attached hydrogens (tertiary/aromatic N) is 3. The Hall–Kier alpha value is -3.45. The summed E-state index contributed by atoms with van der Waals surface area (Å²) in [4.78, 5) is 35.4. The molecule has 0 bridgehead atoms. The summed E-state index contributed by atoms with van der Waals surface area (Å²) in [6, 6.07) is 13.9. The van der Waals surface area contributed by atoms with E-state index in [2.05, 4.69) is 15.3 Å². The maximum Gasteiger partial charge on any atom is 0.253 e. The van der Waals surface area contributed by atoms with E-state index in [-0.39, 0.29) is 17.7 Å². The minimum Gasteiger partial charge on any atom is -0.437 e. The van der Waals surface area contributed by atoms with Crippen molar-refractivity contribution in [1.29, 1.82) is 0 Å². The zero-order valence-electron chi connectivity index (χ0n) is 16.7. The molecule has 4 rings (SSSR count). The number of carbonyl (C=O) groups is 2. The molecule has 0 saturated carbocycles. The summed E-state index contributed by atoms with van der Waals surface area (Å²) < 4.78 is 5.66. The van der Waals surface area contributed by atoms with Crippen molar-refractivity contribution in [3.8, 4) is 11.6 Å². The van der Waals surface area contributed by atoms with Crippen LogP contribution in [0.5, 0.6) is 11.6 Å². The third-order valence-corrected chi connectivity index (χ3v) is 5.29. The molecule has 1 unspecified atom stereocenters. The predicted molar refractivity (Wildman–Crippen MR) is 117 cm³/mol. The Labute approximate surface area is 185 Å². The zero-order chi connectivity index (χ0) is 21.6. The molecule has 7 nitrogen and oxygen atoms in total. The molecular weight excluding hydrogens is 416 g/mol. The van der Waals surface area contributed by atoms with E-state index in [9.17, 15) is 9.59 Å². The second-order valence-electron chi connectivity index (χ2n) is 7.26. The summed E-state index contributed by atoms with van der Waals surface area (Å²) in [5, 5.41) is 3.52. The Kier molecular flexibility index (Phi) is 6.43. The number of hydrogen-bond acceptors (Lipinski definition) is 5. The lowest BCUT2D eigenvalue weighted by Gasteiger charge is -2.32. The maximum absolute atomic E-state index is 12.9. The van der Waals surface area contributed by atoms with Crippen LogP contribution in [0.15, 0.2) is 67.1 Å². The average Bonchev–Trinajstić information content (AvgIpc) is 2.80. The molecule has 1 saturated heterocycles. The number of benzene rings is 2. The highest BCUT2D eigenvalue weighted by molar-refractivity contribution is 6.30. The van der Waals surface area contributed by atoms with Gasteiger partial charge in [-0.1, -0.05) is 17.7 Å². The molecule has 0 aliphatic carbocycles. The summed E-state index contributed by atoms with van der Waals surface area (Å²) in [6.07, 6.45) is 6.12. The molecule has 1 atom stereocenters. The van der Waals surface area contributed by atoms with Crippen LogP contribution in [0.3, 0.4) is 0 Å². The highest BCUT2D eigenvalue weighted by atomic mass is 35.5. The Balaban J connectivity index is 1.38. The Morgan fingerprint density at radius 3 is 2.74 bits per heavy atom. The van der Waals surface area contributed by atoms with Crippen LogP contribution in [0.1, 0.15) is 23.2 Å². The van der Waals surface area contributed by atoms with Crippen LogP contribution < -0.4 is 10.1 Å². The van der Waals surface area contributed by atoms with Gasteiger partial charge in [0, 0.05) is 47.8 Å². The van der Waals surface area contributed by atoms with Gasteiger partial charge in [-0.15, -0.1) is 0 Å². The number of amides is 2. The van der Waals surface area contributed by atoms with Crippen molar-refractivity contribution < 1.29 is 14.3 Å². The lowest BCUT2D eigenvalue weighted by Crippen LogP contribution is -2.43. The molecule has 1 aliphatic rings. The molecule has 8 heteroatoms. The van der Waals surface area contributed by atoms with Gasteiger partial charge in [0.05, 0.1) is 12.1 Å². The summed E-state index contributed by atoms with van der Waals surface area (Å²) in [5.74, 6) is 0.421. The van der Waals surface area contributed by atoms with Gasteiger partial charge in [0.2, 0.25) is 11.8 Å². The normalized spacial score (nSPS) is 15.9. The summed E-state index contributed by atoms with van der Waals surface area (Å²) in [7, 11) is 0. The Morgan fingerprint density at radius 1 is 1.13 bits per heavy atom. The summed E-state index contributed by atoms with van der Waals surface area (Å²) in [6.45, 7) is 1.01. The molecule has 1 aliphatic heterocycles. The van der Waals surface area contributed by atoms with E-state index in [4.69, 9.17) is 16.3 Å². The summed E-state index contributed by atoms with van der Waals surface area (Å²) >= 11 is 5.91. The third kappa shape index (κ3) is 5.38. The van der Waals surface area contributed by atoms with Crippen molar-refractivity contribution in [2.24, 2.45) is 5.92 Å². The molecule has 1 fully saturated rings. The lowest BCUT2D eigenvalue weighted by atomic mass is 9.96. The van der Waals surface area contributed by atoms with Crippen molar-refractivity contribution in [2.75, 3.05) is 18.4 Å². The fourth-order valence-corrected chi connectivity index (χ4v) is 3.62. The number of hydrogen-bond donors (Lipinski definition) is 1. The SMILES string of the molecule is O=C(Nc1cccc(Oc2cnccn2)c1)C1CCCN(C(=O)c2ccc(Cl)cc2)C1. The fraction of sp³-hybridized carbons (Fsp3) is 0.217. The molecule has 3 aromatic rings. The van der Waals surface area contributed by atoms with Crippen LogP contribution in [0.4, 0.5) is 5.69 Å². The van der Waals surface area contributed by atoms with Gasteiger partial charge < -0.3 is 15.0 Å². The van der Waals surface area contributed by atoms with Crippen LogP contribution in [-0.2, 0) is 4.79 Å². The average molecular weight is 437 g/mol. The first-order chi connectivity index (χ1) is 15.1. The first kappa shape index (κ1) is 20.8. The van der Waals surface area contributed by atoms with Crippen LogP contribution in [-0.4, -0.2) is 39.8 Å². The van der Waals surface area contributed by atoms with E-state index in [1.54, 1.807) is 65.8 Å². The number of piperidine rings is 1. The van der Waals surface area contributed by atoms with Crippen LogP contribution >= 0.6 is 11.6 Å². The molecule has 2 aromatic carbocycles. The number of anilines is 1. The number of rotatable bonds is 5. The topological polar surface area (TPSA) is 84.4 Å². The minimum absolute atomic E-state index is 0.0893. The first-order valence-electron chi connectivity index (χ1n) is 9.98. The van der Waals surface area contributed by atoms with Crippen molar-refractivity contribution in [2.45, 2.75) is 12.8 Å². The maximum atomic E-state index is 12.9. The monoisotopic (exact) mass is 436 g/mol. The quantitative estimate of drug-likeness (QED) is 0.640. The second kappa shape index (κ2) is 9.57. The van der Waals surface area contributed by atoms with Gasteiger partial charge in [0.1, 0.15) is 5.75 Å². The van der Waals surface area contributed by atoms with Crippen LogP contribution in [0.2, 0.25) is 5.02 Å². The van der Waals surface area contributed by atoms with Crippen molar-refractivity contribution in [1.82, 2.24) is 14.9 Å². The van der Waals surface area contributed by atoms with E-state index in [0.29, 0.717) is 41.0 Å². The Morgan fingerprint density at radius 2 is 1.97 bits per heavy atom. The van der Waals surface area contributed by atoms with Gasteiger partial charge in [-0.25, -0.2) is 4.98 Å². The molecule has 2 amide bonds.